The zero-order chi connectivity index (χ0) is 20.8. The highest BCUT2D eigenvalue weighted by atomic mass is 19.1. The number of fused-ring (bicyclic) bond motifs is 1. The summed E-state index contributed by atoms with van der Waals surface area (Å²) in [6, 6.07) is 12.4. The molecule has 0 aromatic heterocycles. The predicted octanol–water partition coefficient (Wildman–Crippen LogP) is 2.54. The summed E-state index contributed by atoms with van der Waals surface area (Å²) in [6.07, 6.45) is 0.134. The minimum Gasteiger partial charge on any atom is -0.491 e. The Morgan fingerprint density at radius 3 is 2.62 bits per heavy atom. The molecule has 8 heteroatoms. The molecule has 0 saturated heterocycles. The van der Waals surface area contributed by atoms with Gasteiger partial charge in [0.2, 0.25) is 5.91 Å². The van der Waals surface area contributed by atoms with Crippen molar-refractivity contribution in [2.75, 3.05) is 36.1 Å². The van der Waals surface area contributed by atoms with Crippen LogP contribution in [0.25, 0.3) is 0 Å². The number of carbonyl (C=O) groups is 3. The average Bonchev–Trinajstić information content (AvgIpc) is 2.87. The zero-order valence-corrected chi connectivity index (χ0v) is 16.0. The summed E-state index contributed by atoms with van der Waals surface area (Å²) in [5.74, 6) is -1.32. The molecular formula is C21H21FN2O5. The van der Waals surface area contributed by atoms with E-state index in [2.05, 4.69) is 0 Å². The number of hydrogen-bond acceptors (Lipinski definition) is 5. The number of amides is 2. The van der Waals surface area contributed by atoms with Crippen LogP contribution in [0.5, 0.6) is 5.75 Å². The minimum atomic E-state index is -0.710. The third-order valence-electron chi connectivity index (χ3n) is 4.43. The normalized spacial score (nSPS) is 13.2. The van der Waals surface area contributed by atoms with Crippen LogP contribution in [0, 0.1) is 5.82 Å². The number of benzene rings is 2. The molecule has 152 valence electrons. The maximum absolute atomic E-state index is 13.1. The van der Waals surface area contributed by atoms with Gasteiger partial charge in [-0.2, -0.15) is 0 Å². The Labute approximate surface area is 167 Å². The van der Waals surface area contributed by atoms with Crippen LogP contribution in [0.2, 0.25) is 0 Å². The fraction of sp³-hybridized carbons (Fsp3) is 0.286. The Morgan fingerprint density at radius 1 is 1.17 bits per heavy atom. The Kier molecular flexibility index (Phi) is 6.43. The lowest BCUT2D eigenvalue weighted by Crippen LogP contribution is -2.38. The van der Waals surface area contributed by atoms with Crippen molar-refractivity contribution in [1.29, 1.82) is 0 Å². The van der Waals surface area contributed by atoms with Gasteiger partial charge in [-0.3, -0.25) is 19.3 Å². The average molecular weight is 400 g/mol. The van der Waals surface area contributed by atoms with E-state index in [4.69, 9.17) is 9.47 Å². The molecule has 1 heterocycles. The molecule has 0 fully saturated rings. The topological polar surface area (TPSA) is 76.2 Å². The van der Waals surface area contributed by atoms with E-state index in [0.717, 1.165) is 0 Å². The summed E-state index contributed by atoms with van der Waals surface area (Å²) < 4.78 is 23.7. The van der Waals surface area contributed by atoms with E-state index in [-0.39, 0.29) is 25.5 Å². The lowest BCUT2D eigenvalue weighted by Gasteiger charge is -2.22. The second-order valence-corrected chi connectivity index (χ2v) is 6.32. The van der Waals surface area contributed by atoms with Crippen LogP contribution < -0.4 is 14.5 Å². The van der Waals surface area contributed by atoms with E-state index < -0.39 is 24.3 Å². The van der Waals surface area contributed by atoms with Crippen molar-refractivity contribution >= 4 is 29.2 Å². The van der Waals surface area contributed by atoms with Crippen molar-refractivity contribution in [2.45, 2.75) is 13.3 Å². The highest BCUT2D eigenvalue weighted by molar-refractivity contribution is 6.00. The minimum absolute atomic E-state index is 0.134. The van der Waals surface area contributed by atoms with Gasteiger partial charge in [0.05, 0.1) is 18.7 Å². The van der Waals surface area contributed by atoms with Gasteiger partial charge < -0.3 is 14.4 Å². The molecule has 1 aliphatic heterocycles. The molecule has 0 N–H and O–H groups in total. The molecule has 0 bridgehead atoms. The van der Waals surface area contributed by atoms with Crippen LogP contribution in [-0.2, 0) is 19.1 Å². The van der Waals surface area contributed by atoms with E-state index in [1.54, 1.807) is 31.2 Å². The van der Waals surface area contributed by atoms with Crippen LogP contribution in [0.1, 0.15) is 13.3 Å². The van der Waals surface area contributed by atoms with E-state index >= 15 is 0 Å². The number of nitrogens with zero attached hydrogens (tertiary/aromatic N) is 2. The number of likely N-dealkylation sites (N-methyl/N-ethyl adjacent to an activating group) is 1. The Bertz CT molecular complexity index is 900. The van der Waals surface area contributed by atoms with Gasteiger partial charge in [-0.15, -0.1) is 0 Å². The van der Waals surface area contributed by atoms with E-state index in [1.807, 2.05) is 0 Å². The molecule has 7 nitrogen and oxygen atoms in total. The van der Waals surface area contributed by atoms with Crippen molar-refractivity contribution in [3.05, 3.63) is 54.3 Å². The second kappa shape index (κ2) is 9.18. The molecule has 0 spiro atoms. The lowest BCUT2D eigenvalue weighted by atomic mass is 10.2. The highest BCUT2D eigenvalue weighted by Gasteiger charge is 2.26. The maximum Gasteiger partial charge on any atom is 0.326 e. The number of carbonyl (C=O) groups excluding carboxylic acids is 3. The summed E-state index contributed by atoms with van der Waals surface area (Å²) in [5, 5.41) is 0. The van der Waals surface area contributed by atoms with Gasteiger partial charge in [0.15, 0.2) is 6.61 Å². The smallest absolute Gasteiger partial charge is 0.326 e. The number of para-hydroxylation sites is 2. The first-order valence-corrected chi connectivity index (χ1v) is 9.23. The summed E-state index contributed by atoms with van der Waals surface area (Å²) >= 11 is 0. The van der Waals surface area contributed by atoms with Gasteiger partial charge in [0.1, 0.15) is 18.1 Å². The van der Waals surface area contributed by atoms with Crippen LogP contribution >= 0.6 is 0 Å². The van der Waals surface area contributed by atoms with Crippen molar-refractivity contribution in [3.63, 3.8) is 0 Å². The summed E-state index contributed by atoms with van der Waals surface area (Å²) in [7, 11) is 0. The number of halogens is 1. The lowest BCUT2D eigenvalue weighted by molar-refractivity contribution is -0.147. The fourth-order valence-corrected chi connectivity index (χ4v) is 3.01. The molecule has 2 amide bonds. The van der Waals surface area contributed by atoms with Crippen LogP contribution in [0.4, 0.5) is 15.8 Å². The first-order chi connectivity index (χ1) is 14.0. The van der Waals surface area contributed by atoms with Crippen molar-refractivity contribution < 1.29 is 28.2 Å². The zero-order valence-electron chi connectivity index (χ0n) is 16.0. The molecule has 2 aromatic rings. The Hall–Kier alpha value is -3.42. The third-order valence-corrected chi connectivity index (χ3v) is 4.43. The molecule has 0 aliphatic carbocycles. The summed E-state index contributed by atoms with van der Waals surface area (Å²) in [5.41, 5.74) is 0.989. The quantitative estimate of drug-likeness (QED) is 0.697. The number of anilines is 2. The first kappa shape index (κ1) is 20.3. The molecule has 2 aromatic carbocycles. The number of esters is 1. The van der Waals surface area contributed by atoms with Crippen LogP contribution in [-0.4, -0.2) is 44.1 Å². The van der Waals surface area contributed by atoms with E-state index in [9.17, 15) is 18.8 Å². The second-order valence-electron chi connectivity index (χ2n) is 6.32. The van der Waals surface area contributed by atoms with E-state index in [1.165, 1.54) is 34.1 Å². The van der Waals surface area contributed by atoms with Crippen LogP contribution in [0.3, 0.4) is 0 Å². The maximum atomic E-state index is 13.1. The predicted molar refractivity (Wildman–Crippen MR) is 104 cm³/mol. The molecule has 0 radical (unpaired) electrons. The molecular weight excluding hydrogens is 379 g/mol. The molecule has 29 heavy (non-hydrogen) atoms. The number of rotatable bonds is 6. The van der Waals surface area contributed by atoms with Gasteiger partial charge in [-0.25, -0.2) is 4.39 Å². The van der Waals surface area contributed by atoms with Gasteiger partial charge in [0, 0.05) is 12.2 Å². The van der Waals surface area contributed by atoms with Crippen LogP contribution in [0.15, 0.2) is 48.5 Å². The molecule has 0 unspecified atom stereocenters. The van der Waals surface area contributed by atoms with E-state index in [0.29, 0.717) is 23.7 Å². The van der Waals surface area contributed by atoms with Crippen molar-refractivity contribution in [1.82, 2.24) is 0 Å². The van der Waals surface area contributed by atoms with Crippen molar-refractivity contribution in [3.8, 4) is 5.75 Å². The first-order valence-electron chi connectivity index (χ1n) is 9.23. The van der Waals surface area contributed by atoms with Gasteiger partial charge in [-0.05, 0) is 43.3 Å². The number of hydrogen-bond donors (Lipinski definition) is 0. The summed E-state index contributed by atoms with van der Waals surface area (Å²) in [6.45, 7) is 1.51. The molecule has 1 aliphatic rings. The molecule has 0 atom stereocenters. The van der Waals surface area contributed by atoms with Gasteiger partial charge in [-0.1, -0.05) is 12.1 Å². The number of ether oxygens (including phenoxy) is 2. The summed E-state index contributed by atoms with van der Waals surface area (Å²) in [4.78, 5) is 39.8. The monoisotopic (exact) mass is 400 g/mol. The fourth-order valence-electron chi connectivity index (χ4n) is 3.01. The third kappa shape index (κ3) is 4.90. The van der Waals surface area contributed by atoms with Gasteiger partial charge in [0.25, 0.3) is 5.91 Å². The Balaban J connectivity index is 1.62. The largest absolute Gasteiger partial charge is 0.491 e. The van der Waals surface area contributed by atoms with Crippen molar-refractivity contribution in [2.24, 2.45) is 0 Å². The standard InChI is InChI=1S/C21H21FN2O5/c1-2-23(16-9-7-15(22)8-10-16)20(26)14-29-21(27)13-24-17-5-3-4-6-18(17)28-12-11-19(24)25/h3-10H,2,11-14H2,1H3. The molecule has 0 saturated carbocycles. The SMILES string of the molecule is CCN(C(=O)COC(=O)CN1C(=O)CCOc2ccccc21)c1ccc(F)cc1. The Morgan fingerprint density at radius 2 is 1.90 bits per heavy atom. The molecule has 3 rings (SSSR count). The van der Waals surface area contributed by atoms with Gasteiger partial charge >= 0.3 is 5.97 Å². The highest BCUT2D eigenvalue weighted by Crippen LogP contribution is 2.30.